The minimum absolute atomic E-state index is 0.890. The number of pyridine rings is 1. The summed E-state index contributed by atoms with van der Waals surface area (Å²) in [5.74, 6) is 0. The number of nitrogens with two attached hydrogens (primary N) is 1. The molecule has 0 unspecified atom stereocenters. The lowest BCUT2D eigenvalue weighted by Gasteiger charge is -2.07. The molecule has 16 heavy (non-hydrogen) atoms. The SMILES string of the molecule is CCc1cc(Cc2ccncc2)ccc1N. The lowest BCUT2D eigenvalue weighted by molar-refractivity contribution is 1.11. The molecule has 2 aromatic rings. The molecule has 0 aliphatic carbocycles. The van der Waals surface area contributed by atoms with Crippen LogP contribution >= 0.6 is 0 Å². The Balaban J connectivity index is 2.22. The van der Waals surface area contributed by atoms with Crippen molar-refractivity contribution < 1.29 is 0 Å². The van der Waals surface area contributed by atoms with Crippen LogP contribution in [-0.4, -0.2) is 4.98 Å². The minimum atomic E-state index is 0.890. The molecule has 0 atom stereocenters. The van der Waals surface area contributed by atoms with Gasteiger partial charge in [-0.2, -0.15) is 0 Å². The molecule has 1 heterocycles. The number of nitrogen functional groups attached to an aromatic ring is 1. The standard InChI is InChI=1S/C14H16N2/c1-2-13-10-12(3-4-14(13)15)9-11-5-7-16-8-6-11/h3-8,10H,2,9,15H2,1H3. The number of hydrogen-bond acceptors (Lipinski definition) is 2. The highest BCUT2D eigenvalue weighted by Crippen LogP contribution is 2.17. The molecular weight excluding hydrogens is 196 g/mol. The van der Waals surface area contributed by atoms with Crippen LogP contribution in [0.4, 0.5) is 5.69 Å². The van der Waals surface area contributed by atoms with Gasteiger partial charge in [-0.3, -0.25) is 4.98 Å². The van der Waals surface area contributed by atoms with Crippen LogP contribution in [0.25, 0.3) is 0 Å². The van der Waals surface area contributed by atoms with Crippen molar-refractivity contribution in [1.29, 1.82) is 0 Å². The first kappa shape index (κ1) is 10.7. The number of benzene rings is 1. The van der Waals surface area contributed by atoms with Gasteiger partial charge in [0.05, 0.1) is 0 Å². The molecule has 0 radical (unpaired) electrons. The molecule has 0 aliphatic heterocycles. The zero-order valence-corrected chi connectivity index (χ0v) is 9.48. The Morgan fingerprint density at radius 1 is 1.06 bits per heavy atom. The smallest absolute Gasteiger partial charge is 0.0346 e. The van der Waals surface area contributed by atoms with E-state index in [1.165, 1.54) is 16.7 Å². The van der Waals surface area contributed by atoms with Crippen LogP contribution in [0.2, 0.25) is 0 Å². The Bertz CT molecular complexity index is 463. The molecule has 1 aromatic carbocycles. The zero-order chi connectivity index (χ0) is 11.4. The third-order valence-corrected chi connectivity index (χ3v) is 2.75. The van der Waals surface area contributed by atoms with Crippen LogP contribution in [0.5, 0.6) is 0 Å². The van der Waals surface area contributed by atoms with Gasteiger partial charge in [-0.1, -0.05) is 19.1 Å². The molecule has 0 spiro atoms. The van der Waals surface area contributed by atoms with Crippen LogP contribution in [-0.2, 0) is 12.8 Å². The summed E-state index contributed by atoms with van der Waals surface area (Å²) in [4.78, 5) is 4.01. The van der Waals surface area contributed by atoms with Crippen molar-refractivity contribution in [2.24, 2.45) is 0 Å². The summed E-state index contributed by atoms with van der Waals surface area (Å²) in [6.07, 6.45) is 5.58. The van der Waals surface area contributed by atoms with Gasteiger partial charge in [0, 0.05) is 18.1 Å². The Morgan fingerprint density at radius 3 is 2.50 bits per heavy atom. The fraction of sp³-hybridized carbons (Fsp3) is 0.214. The van der Waals surface area contributed by atoms with Gasteiger partial charge in [-0.25, -0.2) is 0 Å². The number of rotatable bonds is 3. The molecule has 82 valence electrons. The Morgan fingerprint density at radius 2 is 1.81 bits per heavy atom. The van der Waals surface area contributed by atoms with Crippen LogP contribution in [0.1, 0.15) is 23.6 Å². The highest BCUT2D eigenvalue weighted by Gasteiger charge is 2.00. The second-order valence-corrected chi connectivity index (χ2v) is 3.92. The first-order chi connectivity index (χ1) is 7.79. The van der Waals surface area contributed by atoms with Gasteiger partial charge in [0.2, 0.25) is 0 Å². The average molecular weight is 212 g/mol. The van der Waals surface area contributed by atoms with E-state index in [0.717, 1.165) is 18.5 Å². The van der Waals surface area contributed by atoms with Crippen molar-refractivity contribution in [1.82, 2.24) is 4.98 Å². The number of aromatic nitrogens is 1. The van der Waals surface area contributed by atoms with E-state index in [-0.39, 0.29) is 0 Å². The lowest BCUT2D eigenvalue weighted by Crippen LogP contribution is -1.96. The molecule has 2 rings (SSSR count). The second kappa shape index (κ2) is 4.79. The van der Waals surface area contributed by atoms with Gasteiger partial charge >= 0.3 is 0 Å². The average Bonchev–Trinajstić information content (AvgIpc) is 2.33. The van der Waals surface area contributed by atoms with Crippen LogP contribution < -0.4 is 5.73 Å². The van der Waals surface area contributed by atoms with E-state index in [4.69, 9.17) is 5.73 Å². The van der Waals surface area contributed by atoms with Crippen molar-refractivity contribution in [3.63, 3.8) is 0 Å². The first-order valence-corrected chi connectivity index (χ1v) is 5.55. The summed E-state index contributed by atoms with van der Waals surface area (Å²) < 4.78 is 0. The lowest BCUT2D eigenvalue weighted by atomic mass is 10.0. The van der Waals surface area contributed by atoms with Crippen LogP contribution in [0.15, 0.2) is 42.7 Å². The summed E-state index contributed by atoms with van der Waals surface area (Å²) in [7, 11) is 0. The van der Waals surface area contributed by atoms with Gasteiger partial charge in [0.1, 0.15) is 0 Å². The minimum Gasteiger partial charge on any atom is -0.399 e. The van der Waals surface area contributed by atoms with Crippen molar-refractivity contribution in [3.8, 4) is 0 Å². The van der Waals surface area contributed by atoms with E-state index < -0.39 is 0 Å². The Kier molecular flexibility index (Phi) is 3.20. The van der Waals surface area contributed by atoms with Gasteiger partial charge in [-0.05, 0) is 47.7 Å². The fourth-order valence-corrected chi connectivity index (χ4v) is 1.81. The number of aryl methyl sites for hydroxylation is 1. The summed E-state index contributed by atoms with van der Waals surface area (Å²) in [6, 6.07) is 10.4. The maximum absolute atomic E-state index is 5.88. The highest BCUT2D eigenvalue weighted by atomic mass is 14.6. The van der Waals surface area contributed by atoms with Gasteiger partial charge in [-0.15, -0.1) is 0 Å². The van der Waals surface area contributed by atoms with Crippen LogP contribution in [0, 0.1) is 0 Å². The summed E-state index contributed by atoms with van der Waals surface area (Å²) in [6.45, 7) is 2.13. The van der Waals surface area contributed by atoms with Crippen molar-refractivity contribution in [2.45, 2.75) is 19.8 Å². The second-order valence-electron chi connectivity index (χ2n) is 3.92. The van der Waals surface area contributed by atoms with E-state index in [2.05, 4.69) is 24.0 Å². The van der Waals surface area contributed by atoms with Crippen molar-refractivity contribution in [2.75, 3.05) is 5.73 Å². The van der Waals surface area contributed by atoms with Gasteiger partial charge < -0.3 is 5.73 Å². The molecule has 0 amide bonds. The molecule has 2 nitrogen and oxygen atoms in total. The van der Waals surface area contributed by atoms with Gasteiger partial charge in [0.25, 0.3) is 0 Å². The highest BCUT2D eigenvalue weighted by molar-refractivity contribution is 5.49. The third-order valence-electron chi connectivity index (χ3n) is 2.75. The zero-order valence-electron chi connectivity index (χ0n) is 9.48. The monoisotopic (exact) mass is 212 g/mol. The van der Waals surface area contributed by atoms with E-state index >= 15 is 0 Å². The van der Waals surface area contributed by atoms with Crippen molar-refractivity contribution >= 4 is 5.69 Å². The van der Waals surface area contributed by atoms with E-state index in [9.17, 15) is 0 Å². The predicted molar refractivity (Wildman–Crippen MR) is 67.3 cm³/mol. The van der Waals surface area contributed by atoms with Gasteiger partial charge in [0.15, 0.2) is 0 Å². The third kappa shape index (κ3) is 2.40. The van der Waals surface area contributed by atoms with E-state index in [0.29, 0.717) is 0 Å². The Labute approximate surface area is 96.1 Å². The summed E-state index contributed by atoms with van der Waals surface area (Å²) in [5, 5.41) is 0. The van der Waals surface area contributed by atoms with E-state index in [1.807, 2.05) is 30.6 Å². The topological polar surface area (TPSA) is 38.9 Å². The van der Waals surface area contributed by atoms with E-state index in [1.54, 1.807) is 0 Å². The Hall–Kier alpha value is -1.83. The summed E-state index contributed by atoms with van der Waals surface area (Å²) >= 11 is 0. The van der Waals surface area contributed by atoms with Crippen LogP contribution in [0.3, 0.4) is 0 Å². The molecule has 0 bridgehead atoms. The molecule has 2 heteroatoms. The number of anilines is 1. The maximum Gasteiger partial charge on any atom is 0.0346 e. The number of hydrogen-bond donors (Lipinski definition) is 1. The van der Waals surface area contributed by atoms with Crippen molar-refractivity contribution in [3.05, 3.63) is 59.4 Å². The molecular formula is C14H16N2. The largest absolute Gasteiger partial charge is 0.399 e. The summed E-state index contributed by atoms with van der Waals surface area (Å²) in [5.41, 5.74) is 10.6. The fourth-order valence-electron chi connectivity index (χ4n) is 1.81. The molecule has 0 aliphatic rings. The number of nitrogens with zero attached hydrogens (tertiary/aromatic N) is 1. The maximum atomic E-state index is 5.88. The first-order valence-electron chi connectivity index (χ1n) is 5.55. The molecule has 2 N–H and O–H groups in total. The molecule has 0 fully saturated rings. The predicted octanol–water partition coefficient (Wildman–Crippen LogP) is 2.82. The molecule has 0 saturated heterocycles. The quantitative estimate of drug-likeness (QED) is 0.794. The molecule has 1 aromatic heterocycles. The normalized spacial score (nSPS) is 10.3. The molecule has 0 saturated carbocycles.